The maximum absolute atomic E-state index is 13.3. The second kappa shape index (κ2) is 11.5. The van der Waals surface area contributed by atoms with Crippen LogP contribution in [-0.4, -0.2) is 59.2 Å². The summed E-state index contributed by atoms with van der Waals surface area (Å²) in [5.41, 5.74) is 2.29. The Bertz CT molecular complexity index is 1030. The van der Waals surface area contributed by atoms with Crippen molar-refractivity contribution in [3.05, 3.63) is 59.3 Å². The van der Waals surface area contributed by atoms with Gasteiger partial charge in [0.2, 0.25) is 0 Å². The van der Waals surface area contributed by atoms with Crippen molar-refractivity contribution in [2.24, 2.45) is 5.92 Å². The summed E-state index contributed by atoms with van der Waals surface area (Å²) >= 11 is 0. The molecule has 0 aliphatic carbocycles. The summed E-state index contributed by atoms with van der Waals surface area (Å²) in [4.78, 5) is 33.2. The molecular weight excluding hydrogens is 454 g/mol. The third kappa shape index (κ3) is 7.87. The molecule has 1 aromatic heterocycles. The molecule has 0 spiro atoms. The summed E-state index contributed by atoms with van der Waals surface area (Å²) in [5, 5.41) is 0. The molecular formula is C29H41N3O4. The van der Waals surface area contributed by atoms with Crippen LogP contribution in [-0.2, 0) is 27.2 Å². The van der Waals surface area contributed by atoms with Gasteiger partial charge in [0.1, 0.15) is 24.3 Å². The monoisotopic (exact) mass is 495 g/mol. The van der Waals surface area contributed by atoms with Crippen molar-refractivity contribution in [3.63, 3.8) is 0 Å². The summed E-state index contributed by atoms with van der Waals surface area (Å²) in [6.07, 6.45) is 1.02. The summed E-state index contributed by atoms with van der Waals surface area (Å²) in [5.74, 6) is 0.759. The second-order valence-electron chi connectivity index (χ2n) is 11.6. The largest absolute Gasteiger partial charge is 0.443 e. The number of carbonyl (C=O) groups is 2. The van der Waals surface area contributed by atoms with Gasteiger partial charge in [-0.25, -0.2) is 9.78 Å². The van der Waals surface area contributed by atoms with Crippen molar-refractivity contribution < 1.29 is 19.1 Å². The van der Waals surface area contributed by atoms with Gasteiger partial charge in [0, 0.05) is 30.2 Å². The Morgan fingerprint density at radius 1 is 1.11 bits per heavy atom. The zero-order valence-electron chi connectivity index (χ0n) is 22.8. The molecule has 0 saturated carbocycles. The quantitative estimate of drug-likeness (QED) is 0.470. The Morgan fingerprint density at radius 3 is 2.42 bits per heavy atom. The van der Waals surface area contributed by atoms with E-state index in [0.717, 1.165) is 36.2 Å². The van der Waals surface area contributed by atoms with Crippen LogP contribution in [0.5, 0.6) is 0 Å². The van der Waals surface area contributed by atoms with Crippen LogP contribution >= 0.6 is 0 Å². The smallest absolute Gasteiger partial charge is 0.416 e. The van der Waals surface area contributed by atoms with Crippen LogP contribution in [0.3, 0.4) is 0 Å². The summed E-state index contributed by atoms with van der Waals surface area (Å²) in [6, 6.07) is 13.8. The van der Waals surface area contributed by atoms with Gasteiger partial charge in [0.15, 0.2) is 0 Å². The normalized spacial score (nSPS) is 18.8. The van der Waals surface area contributed by atoms with Gasteiger partial charge in [0.05, 0.1) is 12.6 Å². The molecule has 2 atom stereocenters. The molecule has 3 rings (SSSR count). The highest BCUT2D eigenvalue weighted by atomic mass is 16.6. The Kier molecular flexibility index (Phi) is 8.90. The van der Waals surface area contributed by atoms with Crippen molar-refractivity contribution in [3.8, 4) is 0 Å². The number of aromatic nitrogens is 1. The van der Waals surface area contributed by atoms with Crippen LogP contribution in [0.4, 0.5) is 10.6 Å². The molecule has 1 saturated heterocycles. The molecule has 196 valence electrons. The van der Waals surface area contributed by atoms with Crippen LogP contribution in [0, 0.1) is 12.8 Å². The first kappa shape index (κ1) is 27.8. The van der Waals surface area contributed by atoms with Gasteiger partial charge in [-0.1, -0.05) is 30.3 Å². The number of amides is 1. The van der Waals surface area contributed by atoms with Crippen LogP contribution in [0.1, 0.15) is 58.4 Å². The number of hydrogen-bond acceptors (Lipinski definition) is 6. The van der Waals surface area contributed by atoms with Crippen molar-refractivity contribution >= 4 is 18.2 Å². The molecule has 2 heterocycles. The highest BCUT2D eigenvalue weighted by Crippen LogP contribution is 2.30. The standard InChI is InChI=1S/C29H41N3O4/c1-21-15-24(17-23-19-31(28(2,3)4)20-25(23)35-14-13-33)30-26(16-21)32(27(34)36-29(5,6)7)18-22-11-9-8-10-12-22/h8-13,15-16,23,25H,14,17-20H2,1-7H3/t23-,25+/m0/s1. The van der Waals surface area contributed by atoms with E-state index >= 15 is 0 Å². The fourth-order valence-corrected chi connectivity index (χ4v) is 4.49. The van der Waals surface area contributed by atoms with Crippen molar-refractivity contribution in [1.29, 1.82) is 0 Å². The highest BCUT2D eigenvalue weighted by molar-refractivity contribution is 5.86. The number of hydrogen-bond donors (Lipinski definition) is 0. The van der Waals surface area contributed by atoms with Gasteiger partial charge < -0.3 is 14.3 Å². The first-order valence-electron chi connectivity index (χ1n) is 12.7. The van der Waals surface area contributed by atoms with Crippen LogP contribution in [0.25, 0.3) is 0 Å². The van der Waals surface area contributed by atoms with Gasteiger partial charge in [-0.2, -0.15) is 0 Å². The lowest BCUT2D eigenvalue weighted by atomic mass is 9.98. The van der Waals surface area contributed by atoms with Crippen molar-refractivity contribution in [2.45, 2.75) is 78.7 Å². The number of rotatable bonds is 8. The van der Waals surface area contributed by atoms with Gasteiger partial charge in [0.25, 0.3) is 0 Å². The number of nitrogens with zero attached hydrogens (tertiary/aromatic N) is 3. The van der Waals surface area contributed by atoms with Crippen molar-refractivity contribution in [1.82, 2.24) is 9.88 Å². The van der Waals surface area contributed by atoms with E-state index in [4.69, 9.17) is 14.5 Å². The number of aryl methyl sites for hydroxylation is 1. The van der Waals surface area contributed by atoms with E-state index < -0.39 is 11.7 Å². The molecule has 0 radical (unpaired) electrons. The Morgan fingerprint density at radius 2 is 1.81 bits per heavy atom. The average molecular weight is 496 g/mol. The number of anilines is 1. The molecule has 0 N–H and O–H groups in total. The lowest BCUT2D eigenvalue weighted by molar-refractivity contribution is -0.114. The van der Waals surface area contributed by atoms with Gasteiger partial charge in [-0.3, -0.25) is 9.80 Å². The summed E-state index contributed by atoms with van der Waals surface area (Å²) in [7, 11) is 0. The minimum atomic E-state index is -0.623. The lowest BCUT2D eigenvalue weighted by Crippen LogP contribution is -2.40. The highest BCUT2D eigenvalue weighted by Gasteiger charge is 2.38. The Hall–Kier alpha value is -2.77. The number of carbonyl (C=O) groups excluding carboxylic acids is 2. The summed E-state index contributed by atoms with van der Waals surface area (Å²) in [6.45, 7) is 16.3. The van der Waals surface area contributed by atoms with Gasteiger partial charge in [-0.05, 0) is 78.1 Å². The van der Waals surface area contributed by atoms with E-state index in [2.05, 4.69) is 31.7 Å². The molecule has 1 aliphatic rings. The first-order valence-corrected chi connectivity index (χ1v) is 12.7. The second-order valence-corrected chi connectivity index (χ2v) is 11.6. The topological polar surface area (TPSA) is 72.0 Å². The molecule has 1 aliphatic heterocycles. The number of ether oxygens (including phenoxy) is 2. The zero-order chi connectivity index (χ0) is 26.5. The molecule has 1 aromatic carbocycles. The van der Waals surface area contributed by atoms with Crippen LogP contribution in [0.15, 0.2) is 42.5 Å². The first-order chi connectivity index (χ1) is 16.9. The molecule has 0 bridgehead atoms. The predicted octanol–water partition coefficient (Wildman–Crippen LogP) is 5.19. The van der Waals surface area contributed by atoms with E-state index in [1.807, 2.05) is 64.1 Å². The molecule has 7 nitrogen and oxygen atoms in total. The van der Waals surface area contributed by atoms with Crippen LogP contribution in [0.2, 0.25) is 0 Å². The number of likely N-dealkylation sites (tertiary alicyclic amines) is 1. The molecule has 1 amide bonds. The van der Waals surface area contributed by atoms with E-state index in [9.17, 15) is 9.59 Å². The minimum absolute atomic E-state index is 0.00588. The lowest BCUT2D eigenvalue weighted by Gasteiger charge is -2.31. The minimum Gasteiger partial charge on any atom is -0.443 e. The number of pyridine rings is 1. The zero-order valence-corrected chi connectivity index (χ0v) is 22.8. The van der Waals surface area contributed by atoms with E-state index in [0.29, 0.717) is 18.8 Å². The van der Waals surface area contributed by atoms with Crippen molar-refractivity contribution in [2.75, 3.05) is 24.6 Å². The molecule has 7 heteroatoms. The van der Waals surface area contributed by atoms with Gasteiger partial charge in [-0.15, -0.1) is 0 Å². The number of benzene rings is 1. The van der Waals surface area contributed by atoms with Gasteiger partial charge >= 0.3 is 6.09 Å². The third-order valence-corrected chi connectivity index (χ3v) is 6.26. The fraction of sp³-hybridized carbons (Fsp3) is 0.552. The SMILES string of the molecule is Cc1cc(C[C@H]2CN(C(C)(C)C)C[C@H]2OCC=O)nc(N(Cc2ccccc2)C(=O)OC(C)(C)C)c1. The van der Waals surface area contributed by atoms with E-state index in [-0.39, 0.29) is 24.2 Å². The average Bonchev–Trinajstić information content (AvgIpc) is 3.18. The summed E-state index contributed by atoms with van der Waals surface area (Å²) < 4.78 is 11.7. The molecule has 1 fully saturated rings. The molecule has 0 unspecified atom stereocenters. The maximum Gasteiger partial charge on any atom is 0.416 e. The fourth-order valence-electron chi connectivity index (χ4n) is 4.49. The molecule has 36 heavy (non-hydrogen) atoms. The van der Waals surface area contributed by atoms with Crippen LogP contribution < -0.4 is 4.90 Å². The third-order valence-electron chi connectivity index (χ3n) is 6.26. The molecule has 2 aromatic rings. The maximum atomic E-state index is 13.3. The van der Waals surface area contributed by atoms with E-state index in [1.54, 1.807) is 4.90 Å². The predicted molar refractivity (Wildman–Crippen MR) is 142 cm³/mol. The Labute approximate surface area is 215 Å². The number of aldehydes is 1. The Balaban J connectivity index is 1.90. The van der Waals surface area contributed by atoms with E-state index in [1.165, 1.54) is 0 Å².